The van der Waals surface area contributed by atoms with Crippen LogP contribution in [0.4, 0.5) is 13.2 Å². The third-order valence-electron chi connectivity index (χ3n) is 2.35. The van der Waals surface area contributed by atoms with E-state index >= 15 is 0 Å². The normalized spacial score (nSPS) is 24.9. The number of nitrogens with zero attached hydrogens (tertiary/aromatic N) is 1. The number of alkyl halides is 3. The highest BCUT2D eigenvalue weighted by atomic mass is 19.4. The Morgan fingerprint density at radius 2 is 2.14 bits per heavy atom. The van der Waals surface area contributed by atoms with Gasteiger partial charge in [-0.3, -0.25) is 9.69 Å². The Balaban J connectivity index is 2.48. The molecule has 3 nitrogen and oxygen atoms in total. The second-order valence-electron chi connectivity index (χ2n) is 3.58. The van der Waals surface area contributed by atoms with Gasteiger partial charge in [0.05, 0.1) is 12.5 Å². The summed E-state index contributed by atoms with van der Waals surface area (Å²) < 4.78 is 36.9. The monoisotopic (exact) mass is 210 g/mol. The summed E-state index contributed by atoms with van der Waals surface area (Å²) in [4.78, 5) is 12.0. The smallest absolute Gasteiger partial charge is 0.369 e. The van der Waals surface area contributed by atoms with Gasteiger partial charge in [0.2, 0.25) is 5.91 Å². The van der Waals surface area contributed by atoms with Gasteiger partial charge >= 0.3 is 6.18 Å². The van der Waals surface area contributed by atoms with Gasteiger partial charge in [0, 0.05) is 6.54 Å². The van der Waals surface area contributed by atoms with Crippen molar-refractivity contribution < 1.29 is 18.0 Å². The van der Waals surface area contributed by atoms with Crippen LogP contribution in [0.3, 0.4) is 0 Å². The third-order valence-corrected chi connectivity index (χ3v) is 2.35. The number of halogens is 3. The summed E-state index contributed by atoms with van der Waals surface area (Å²) in [6.07, 6.45) is -3.54. The fourth-order valence-corrected chi connectivity index (χ4v) is 1.69. The molecule has 82 valence electrons. The Hall–Kier alpha value is -0.780. The van der Waals surface area contributed by atoms with E-state index in [1.54, 1.807) is 0 Å². The topological polar surface area (TPSA) is 46.3 Å². The van der Waals surface area contributed by atoms with E-state index in [0.717, 1.165) is 0 Å². The maximum absolute atomic E-state index is 12.3. The lowest BCUT2D eigenvalue weighted by molar-refractivity contribution is -0.186. The van der Waals surface area contributed by atoms with E-state index in [4.69, 9.17) is 5.73 Å². The Labute approximate surface area is 80.0 Å². The van der Waals surface area contributed by atoms with E-state index in [2.05, 4.69) is 0 Å². The molecule has 0 aliphatic carbocycles. The summed E-state index contributed by atoms with van der Waals surface area (Å²) >= 11 is 0. The molecule has 1 aliphatic heterocycles. The summed E-state index contributed by atoms with van der Waals surface area (Å²) in [7, 11) is 0. The molecule has 0 spiro atoms. The number of primary amides is 1. The van der Waals surface area contributed by atoms with Crippen LogP contribution < -0.4 is 5.73 Å². The van der Waals surface area contributed by atoms with Gasteiger partial charge in [0.25, 0.3) is 0 Å². The molecule has 1 aliphatic rings. The fraction of sp³-hybridized carbons (Fsp3) is 0.875. The quantitative estimate of drug-likeness (QED) is 0.730. The first kappa shape index (κ1) is 11.3. The first-order valence-electron chi connectivity index (χ1n) is 4.47. The van der Waals surface area contributed by atoms with Crippen molar-refractivity contribution in [1.82, 2.24) is 4.90 Å². The fourth-order valence-electron chi connectivity index (χ4n) is 1.69. The molecule has 6 heteroatoms. The summed E-state index contributed by atoms with van der Waals surface area (Å²) in [5.41, 5.74) is 4.92. The molecule has 1 heterocycles. The number of carbonyl (C=O) groups is 1. The van der Waals surface area contributed by atoms with Crippen LogP contribution in [0, 0.1) is 5.92 Å². The largest absolute Gasteiger partial charge is 0.393 e. The van der Waals surface area contributed by atoms with Crippen LogP contribution in [-0.2, 0) is 4.79 Å². The predicted octanol–water partition coefficient (Wildman–Crippen LogP) is 0.746. The van der Waals surface area contributed by atoms with Crippen molar-refractivity contribution in [3.63, 3.8) is 0 Å². The van der Waals surface area contributed by atoms with Crippen LogP contribution >= 0.6 is 0 Å². The van der Waals surface area contributed by atoms with Crippen molar-refractivity contribution in [2.75, 3.05) is 19.6 Å². The maximum Gasteiger partial charge on any atom is 0.393 e. The molecule has 0 aromatic carbocycles. The number of carbonyl (C=O) groups excluding carboxylic acids is 1. The zero-order chi connectivity index (χ0) is 10.8. The molecule has 1 unspecified atom stereocenters. The van der Waals surface area contributed by atoms with Gasteiger partial charge in [-0.25, -0.2) is 0 Å². The molecule has 1 amide bonds. The second-order valence-corrected chi connectivity index (χ2v) is 3.58. The highest BCUT2D eigenvalue weighted by Gasteiger charge is 2.41. The second kappa shape index (κ2) is 4.16. The lowest BCUT2D eigenvalue weighted by Gasteiger charge is -2.32. The lowest BCUT2D eigenvalue weighted by atomic mass is 9.97. The highest BCUT2D eigenvalue weighted by molar-refractivity contribution is 5.75. The van der Waals surface area contributed by atoms with E-state index < -0.39 is 18.0 Å². The molecule has 0 bridgehead atoms. The average Bonchev–Trinajstić information content (AvgIpc) is 2.01. The average molecular weight is 210 g/mol. The minimum atomic E-state index is -4.16. The van der Waals surface area contributed by atoms with Crippen molar-refractivity contribution in [3.8, 4) is 0 Å². The summed E-state index contributed by atoms with van der Waals surface area (Å²) in [5, 5.41) is 0. The van der Waals surface area contributed by atoms with Gasteiger partial charge in [-0.1, -0.05) is 0 Å². The van der Waals surface area contributed by atoms with Gasteiger partial charge in [0.1, 0.15) is 0 Å². The van der Waals surface area contributed by atoms with Crippen molar-refractivity contribution in [2.45, 2.75) is 19.0 Å². The molecule has 0 saturated carbocycles. The molecule has 0 radical (unpaired) electrons. The molecule has 1 rings (SSSR count). The summed E-state index contributed by atoms with van der Waals surface area (Å²) in [6, 6.07) is 0. The van der Waals surface area contributed by atoms with Crippen LogP contribution in [-0.4, -0.2) is 36.6 Å². The number of amides is 1. The first-order valence-corrected chi connectivity index (χ1v) is 4.47. The summed E-state index contributed by atoms with van der Waals surface area (Å²) in [5.74, 6) is -1.89. The van der Waals surface area contributed by atoms with Crippen LogP contribution in [0.2, 0.25) is 0 Å². The van der Waals surface area contributed by atoms with Crippen LogP contribution in [0.25, 0.3) is 0 Å². The predicted molar refractivity (Wildman–Crippen MR) is 44.4 cm³/mol. The number of nitrogens with two attached hydrogens (primary N) is 1. The van der Waals surface area contributed by atoms with Crippen molar-refractivity contribution in [1.29, 1.82) is 0 Å². The Kier molecular flexibility index (Phi) is 3.36. The molecule has 1 fully saturated rings. The molecular formula is C8H13F3N2O. The molecule has 0 aromatic rings. The summed E-state index contributed by atoms with van der Waals surface area (Å²) in [6.45, 7) is 0.342. The van der Waals surface area contributed by atoms with Gasteiger partial charge in [-0.15, -0.1) is 0 Å². The molecular weight excluding hydrogens is 197 g/mol. The number of piperidine rings is 1. The first-order chi connectivity index (χ1) is 6.39. The van der Waals surface area contributed by atoms with E-state index in [0.29, 0.717) is 13.0 Å². The SMILES string of the molecule is NC(=O)CN1CCCC(C(F)(F)F)C1. The van der Waals surface area contributed by atoms with Crippen LogP contribution in [0.5, 0.6) is 0 Å². The Morgan fingerprint density at radius 3 is 2.64 bits per heavy atom. The van der Waals surface area contributed by atoms with E-state index in [9.17, 15) is 18.0 Å². The van der Waals surface area contributed by atoms with Gasteiger partial charge in [-0.05, 0) is 19.4 Å². The van der Waals surface area contributed by atoms with E-state index in [1.165, 1.54) is 4.90 Å². The lowest BCUT2D eigenvalue weighted by Crippen LogP contribution is -2.44. The molecule has 1 atom stereocenters. The zero-order valence-corrected chi connectivity index (χ0v) is 7.68. The highest BCUT2D eigenvalue weighted by Crippen LogP contribution is 2.32. The number of hydrogen-bond donors (Lipinski definition) is 1. The third kappa shape index (κ3) is 3.17. The van der Waals surface area contributed by atoms with Gasteiger partial charge < -0.3 is 5.73 Å². The minimum absolute atomic E-state index is 0.0768. The molecule has 0 aromatic heterocycles. The standard InChI is InChI=1S/C8H13F3N2O/c9-8(10,11)6-2-1-3-13(4-6)5-7(12)14/h6H,1-5H2,(H2,12,14). The Bertz CT molecular complexity index is 217. The molecule has 1 saturated heterocycles. The number of likely N-dealkylation sites (tertiary alicyclic amines) is 1. The van der Waals surface area contributed by atoms with Crippen LogP contribution in [0.15, 0.2) is 0 Å². The van der Waals surface area contributed by atoms with Crippen molar-refractivity contribution >= 4 is 5.91 Å². The van der Waals surface area contributed by atoms with Crippen molar-refractivity contribution in [3.05, 3.63) is 0 Å². The van der Waals surface area contributed by atoms with Crippen LogP contribution in [0.1, 0.15) is 12.8 Å². The van der Waals surface area contributed by atoms with E-state index in [1.807, 2.05) is 0 Å². The minimum Gasteiger partial charge on any atom is -0.369 e. The Morgan fingerprint density at radius 1 is 1.50 bits per heavy atom. The van der Waals surface area contributed by atoms with E-state index in [-0.39, 0.29) is 19.5 Å². The maximum atomic E-state index is 12.3. The zero-order valence-electron chi connectivity index (χ0n) is 7.68. The molecule has 2 N–H and O–H groups in total. The number of rotatable bonds is 2. The van der Waals surface area contributed by atoms with Gasteiger partial charge in [-0.2, -0.15) is 13.2 Å². The molecule has 14 heavy (non-hydrogen) atoms. The van der Waals surface area contributed by atoms with Crippen molar-refractivity contribution in [2.24, 2.45) is 11.7 Å². The van der Waals surface area contributed by atoms with Gasteiger partial charge in [0.15, 0.2) is 0 Å². The number of hydrogen-bond acceptors (Lipinski definition) is 2.